The molecule has 0 fully saturated rings. The van der Waals surface area contributed by atoms with Crippen LogP contribution in [0.5, 0.6) is 0 Å². The molecule has 0 aromatic carbocycles. The summed E-state index contributed by atoms with van der Waals surface area (Å²) in [5.74, 6) is 1.03. The molecule has 1 aromatic heterocycles. The number of carbonyl (C=O) groups is 1. The van der Waals surface area contributed by atoms with Crippen molar-refractivity contribution in [2.75, 3.05) is 0 Å². The summed E-state index contributed by atoms with van der Waals surface area (Å²) in [4.78, 5) is 15.8. The summed E-state index contributed by atoms with van der Waals surface area (Å²) in [6.07, 6.45) is 0. The Balaban J connectivity index is 2.39. The van der Waals surface area contributed by atoms with Gasteiger partial charge in [0.05, 0.1) is 12.6 Å². The van der Waals surface area contributed by atoms with Gasteiger partial charge in [0.1, 0.15) is 0 Å². The van der Waals surface area contributed by atoms with Gasteiger partial charge in [-0.25, -0.2) is 0 Å². The first-order chi connectivity index (χ1) is 7.78. The number of nitrogens with zero attached hydrogens (tertiary/aromatic N) is 2. The second kappa shape index (κ2) is 5.27. The third kappa shape index (κ3) is 4.95. The van der Waals surface area contributed by atoms with Crippen LogP contribution in [0.15, 0.2) is 4.52 Å². The van der Waals surface area contributed by atoms with Gasteiger partial charge in [0.25, 0.3) is 0 Å². The van der Waals surface area contributed by atoms with Crippen molar-refractivity contribution in [1.29, 1.82) is 0 Å². The van der Waals surface area contributed by atoms with Crippen molar-refractivity contribution in [2.45, 2.75) is 52.7 Å². The van der Waals surface area contributed by atoms with Gasteiger partial charge in [0, 0.05) is 5.54 Å². The molecule has 0 aliphatic rings. The SMILES string of the molecule is Cc1noc(CNC(C)C(=O)NC(C)(C)C)n1. The first-order valence-corrected chi connectivity index (χ1v) is 5.62. The zero-order valence-electron chi connectivity index (χ0n) is 11.0. The molecule has 1 heterocycles. The number of aromatic nitrogens is 2. The van der Waals surface area contributed by atoms with Gasteiger partial charge in [-0.15, -0.1) is 0 Å². The molecular formula is C11H20N4O2. The van der Waals surface area contributed by atoms with Crippen molar-refractivity contribution >= 4 is 5.91 Å². The van der Waals surface area contributed by atoms with Crippen LogP contribution in [0.4, 0.5) is 0 Å². The number of rotatable bonds is 4. The van der Waals surface area contributed by atoms with Crippen LogP contribution in [0.2, 0.25) is 0 Å². The Labute approximate surface area is 101 Å². The Morgan fingerprint density at radius 1 is 1.47 bits per heavy atom. The molecule has 0 spiro atoms. The van der Waals surface area contributed by atoms with Crippen molar-refractivity contribution in [3.8, 4) is 0 Å². The molecule has 0 radical (unpaired) electrons. The molecule has 6 nitrogen and oxygen atoms in total. The average Bonchev–Trinajstić information content (AvgIpc) is 2.58. The molecule has 1 atom stereocenters. The highest BCUT2D eigenvalue weighted by molar-refractivity contribution is 5.81. The second-order valence-corrected chi connectivity index (χ2v) is 5.08. The molecule has 1 amide bonds. The molecular weight excluding hydrogens is 220 g/mol. The maximum absolute atomic E-state index is 11.7. The molecule has 2 N–H and O–H groups in total. The third-order valence-electron chi connectivity index (χ3n) is 2.02. The van der Waals surface area contributed by atoms with E-state index in [1.165, 1.54) is 0 Å². The molecule has 0 bridgehead atoms. The lowest BCUT2D eigenvalue weighted by Crippen LogP contribution is -2.49. The molecule has 0 saturated heterocycles. The molecule has 6 heteroatoms. The zero-order valence-corrected chi connectivity index (χ0v) is 11.0. The van der Waals surface area contributed by atoms with Gasteiger partial charge in [0.15, 0.2) is 5.82 Å². The van der Waals surface area contributed by atoms with E-state index in [-0.39, 0.29) is 17.5 Å². The molecule has 1 rings (SSSR count). The number of carbonyl (C=O) groups excluding carboxylic acids is 1. The molecule has 0 aliphatic carbocycles. The monoisotopic (exact) mass is 240 g/mol. The Morgan fingerprint density at radius 2 is 2.12 bits per heavy atom. The molecule has 17 heavy (non-hydrogen) atoms. The quantitative estimate of drug-likeness (QED) is 0.812. The zero-order chi connectivity index (χ0) is 13.1. The van der Waals surface area contributed by atoms with E-state index in [1.807, 2.05) is 20.8 Å². The lowest BCUT2D eigenvalue weighted by Gasteiger charge is -2.23. The van der Waals surface area contributed by atoms with Crippen LogP contribution in [0, 0.1) is 6.92 Å². The minimum absolute atomic E-state index is 0.0475. The molecule has 0 aliphatic heterocycles. The highest BCUT2D eigenvalue weighted by Gasteiger charge is 2.19. The molecule has 0 saturated carbocycles. The molecule has 1 aromatic rings. The minimum Gasteiger partial charge on any atom is -0.350 e. The average molecular weight is 240 g/mol. The van der Waals surface area contributed by atoms with E-state index in [9.17, 15) is 4.79 Å². The highest BCUT2D eigenvalue weighted by atomic mass is 16.5. The third-order valence-corrected chi connectivity index (χ3v) is 2.02. The van der Waals surface area contributed by atoms with Gasteiger partial charge in [0.2, 0.25) is 11.8 Å². The number of amides is 1. The largest absolute Gasteiger partial charge is 0.350 e. The Kier molecular flexibility index (Phi) is 4.22. The fourth-order valence-corrected chi connectivity index (χ4v) is 1.22. The number of hydrogen-bond donors (Lipinski definition) is 2. The topological polar surface area (TPSA) is 80.0 Å². The summed E-state index contributed by atoms with van der Waals surface area (Å²) in [5, 5.41) is 9.59. The van der Waals surface area contributed by atoms with E-state index >= 15 is 0 Å². The lowest BCUT2D eigenvalue weighted by atomic mass is 10.1. The standard InChI is InChI=1S/C11H20N4O2/c1-7(10(16)14-11(3,4)5)12-6-9-13-8(2)15-17-9/h7,12H,6H2,1-5H3,(H,14,16). The number of hydrogen-bond acceptors (Lipinski definition) is 5. The first kappa shape index (κ1) is 13.6. The van der Waals surface area contributed by atoms with Crippen molar-refractivity contribution in [3.05, 3.63) is 11.7 Å². The second-order valence-electron chi connectivity index (χ2n) is 5.08. The summed E-state index contributed by atoms with van der Waals surface area (Å²) in [7, 11) is 0. The lowest BCUT2D eigenvalue weighted by molar-refractivity contribution is -0.124. The smallest absolute Gasteiger partial charge is 0.240 e. The van der Waals surface area contributed by atoms with Crippen LogP contribution in [0.25, 0.3) is 0 Å². The number of nitrogens with one attached hydrogen (secondary N) is 2. The predicted molar refractivity (Wildman–Crippen MR) is 63.2 cm³/mol. The van der Waals surface area contributed by atoms with E-state index < -0.39 is 0 Å². The van der Waals surface area contributed by atoms with Crippen molar-refractivity contribution in [1.82, 2.24) is 20.8 Å². The van der Waals surface area contributed by atoms with E-state index in [1.54, 1.807) is 13.8 Å². The van der Waals surface area contributed by atoms with Gasteiger partial charge in [-0.3, -0.25) is 10.1 Å². The van der Waals surface area contributed by atoms with Crippen LogP contribution in [-0.4, -0.2) is 27.6 Å². The summed E-state index contributed by atoms with van der Waals surface area (Å²) in [6, 6.07) is -0.304. The van der Waals surface area contributed by atoms with Crippen LogP contribution in [-0.2, 0) is 11.3 Å². The van der Waals surface area contributed by atoms with Crippen LogP contribution in [0.3, 0.4) is 0 Å². The Bertz CT molecular complexity index is 381. The van der Waals surface area contributed by atoms with E-state index in [0.717, 1.165) is 0 Å². The normalized spacial score (nSPS) is 13.5. The van der Waals surface area contributed by atoms with Gasteiger partial charge in [-0.05, 0) is 34.6 Å². The maximum Gasteiger partial charge on any atom is 0.240 e. The summed E-state index contributed by atoms with van der Waals surface area (Å²) in [6.45, 7) is 9.77. The van der Waals surface area contributed by atoms with E-state index in [0.29, 0.717) is 18.3 Å². The summed E-state index contributed by atoms with van der Waals surface area (Å²) >= 11 is 0. The van der Waals surface area contributed by atoms with Gasteiger partial charge < -0.3 is 9.84 Å². The van der Waals surface area contributed by atoms with Crippen molar-refractivity contribution in [3.63, 3.8) is 0 Å². The minimum atomic E-state index is -0.304. The van der Waals surface area contributed by atoms with E-state index in [2.05, 4.69) is 20.8 Å². The molecule has 1 unspecified atom stereocenters. The first-order valence-electron chi connectivity index (χ1n) is 5.62. The van der Waals surface area contributed by atoms with Gasteiger partial charge in [-0.2, -0.15) is 4.98 Å². The Hall–Kier alpha value is -1.43. The summed E-state index contributed by atoms with van der Waals surface area (Å²) in [5.41, 5.74) is -0.228. The number of aryl methyl sites for hydroxylation is 1. The van der Waals surface area contributed by atoms with Gasteiger partial charge in [-0.1, -0.05) is 5.16 Å². The predicted octanol–water partition coefficient (Wildman–Crippen LogP) is 0.771. The van der Waals surface area contributed by atoms with Crippen LogP contribution in [0.1, 0.15) is 39.4 Å². The van der Waals surface area contributed by atoms with Crippen molar-refractivity contribution in [2.24, 2.45) is 0 Å². The van der Waals surface area contributed by atoms with E-state index in [4.69, 9.17) is 4.52 Å². The Morgan fingerprint density at radius 3 is 2.59 bits per heavy atom. The maximum atomic E-state index is 11.7. The fraction of sp³-hybridized carbons (Fsp3) is 0.727. The summed E-state index contributed by atoms with van der Waals surface area (Å²) < 4.78 is 4.94. The van der Waals surface area contributed by atoms with Crippen LogP contribution < -0.4 is 10.6 Å². The van der Waals surface area contributed by atoms with Gasteiger partial charge >= 0.3 is 0 Å². The fourth-order valence-electron chi connectivity index (χ4n) is 1.22. The molecule has 96 valence electrons. The van der Waals surface area contributed by atoms with Crippen LogP contribution >= 0.6 is 0 Å². The van der Waals surface area contributed by atoms with Crippen molar-refractivity contribution < 1.29 is 9.32 Å². The highest BCUT2D eigenvalue weighted by Crippen LogP contribution is 2.00.